The van der Waals surface area contributed by atoms with Crippen LogP contribution in [0, 0.1) is 0 Å². The first kappa shape index (κ1) is 11.9. The largest absolute Gasteiger partial charge is 0.493 e. The third-order valence-electron chi connectivity index (χ3n) is 2.42. The highest BCUT2D eigenvalue weighted by Gasteiger charge is 2.17. The van der Waals surface area contributed by atoms with Gasteiger partial charge in [-0.3, -0.25) is 4.79 Å². The van der Waals surface area contributed by atoms with E-state index in [4.69, 9.17) is 4.74 Å². The summed E-state index contributed by atoms with van der Waals surface area (Å²) in [5, 5.41) is 3.14. The van der Waals surface area contributed by atoms with E-state index < -0.39 is 0 Å². The molecule has 86 valence electrons. The predicted octanol–water partition coefficient (Wildman–Crippen LogP) is 2.40. The zero-order valence-corrected chi connectivity index (χ0v) is 11.7. The quantitative estimate of drug-likeness (QED) is 0.852. The zero-order valence-electron chi connectivity index (χ0n) is 8.56. The summed E-state index contributed by atoms with van der Waals surface area (Å²) in [7, 11) is 0. The van der Waals surface area contributed by atoms with Gasteiger partial charge in [-0.15, -0.1) is 0 Å². The molecule has 0 aliphatic carbocycles. The maximum Gasteiger partial charge on any atom is 0.230 e. The number of fused-ring (bicyclic) bond motifs is 1. The van der Waals surface area contributed by atoms with Gasteiger partial charge in [0.2, 0.25) is 5.91 Å². The summed E-state index contributed by atoms with van der Waals surface area (Å²) < 4.78 is 6.59. The van der Waals surface area contributed by atoms with Crippen LogP contribution in [-0.2, 0) is 17.8 Å². The maximum atomic E-state index is 11.2. The number of amides is 1. The van der Waals surface area contributed by atoms with E-state index in [1.807, 2.05) is 6.07 Å². The summed E-state index contributed by atoms with van der Waals surface area (Å²) in [6.07, 6.45) is 0.939. The molecule has 16 heavy (non-hydrogen) atoms. The molecule has 5 heteroatoms. The number of halogens is 2. The first-order chi connectivity index (χ1) is 7.70. The molecule has 0 radical (unpaired) electrons. The Bertz CT molecular complexity index is 421. The van der Waals surface area contributed by atoms with Crippen molar-refractivity contribution in [1.29, 1.82) is 0 Å². The molecule has 1 aromatic rings. The van der Waals surface area contributed by atoms with E-state index in [1.54, 1.807) is 0 Å². The molecule has 0 atom stereocenters. The fourth-order valence-electron chi connectivity index (χ4n) is 1.72. The van der Waals surface area contributed by atoms with Crippen LogP contribution in [-0.4, -0.2) is 17.8 Å². The average molecular weight is 349 g/mol. The lowest BCUT2D eigenvalue weighted by Gasteiger charge is -2.09. The first-order valence-electron chi connectivity index (χ1n) is 4.97. The molecule has 1 aliphatic heterocycles. The van der Waals surface area contributed by atoms with Crippen molar-refractivity contribution in [2.24, 2.45) is 0 Å². The summed E-state index contributed by atoms with van der Waals surface area (Å²) in [5.74, 6) is 0.907. The number of benzene rings is 1. The Morgan fingerprint density at radius 1 is 1.50 bits per heavy atom. The lowest BCUT2D eigenvalue weighted by atomic mass is 10.1. The minimum absolute atomic E-state index is 0.0216. The summed E-state index contributed by atoms with van der Waals surface area (Å²) in [4.78, 5) is 11.2. The van der Waals surface area contributed by atoms with Gasteiger partial charge in [0.15, 0.2) is 0 Å². The van der Waals surface area contributed by atoms with Gasteiger partial charge in [0, 0.05) is 23.0 Å². The van der Waals surface area contributed by atoms with Crippen molar-refractivity contribution in [3.05, 3.63) is 27.7 Å². The van der Waals surface area contributed by atoms with E-state index in [2.05, 4.69) is 43.2 Å². The lowest BCUT2D eigenvalue weighted by Crippen LogP contribution is -2.23. The van der Waals surface area contributed by atoms with Crippen LogP contribution in [0.4, 0.5) is 0 Å². The minimum atomic E-state index is -0.0216. The summed E-state index contributed by atoms with van der Waals surface area (Å²) in [5.41, 5.74) is 2.23. The van der Waals surface area contributed by atoms with E-state index in [0.29, 0.717) is 11.9 Å². The molecule has 1 heterocycles. The van der Waals surface area contributed by atoms with E-state index in [0.717, 1.165) is 28.8 Å². The van der Waals surface area contributed by atoms with Crippen molar-refractivity contribution in [3.63, 3.8) is 0 Å². The van der Waals surface area contributed by atoms with E-state index >= 15 is 0 Å². The Hall–Kier alpha value is -0.550. The molecule has 3 nitrogen and oxygen atoms in total. The number of nitrogens with one attached hydrogen (secondary N) is 1. The van der Waals surface area contributed by atoms with Crippen molar-refractivity contribution >= 4 is 37.8 Å². The smallest absolute Gasteiger partial charge is 0.230 e. The van der Waals surface area contributed by atoms with Crippen LogP contribution in [0.3, 0.4) is 0 Å². The minimum Gasteiger partial charge on any atom is -0.493 e. The molecule has 1 aliphatic rings. The number of rotatable bonds is 3. The van der Waals surface area contributed by atoms with Crippen molar-refractivity contribution in [2.75, 3.05) is 11.9 Å². The van der Waals surface area contributed by atoms with Crippen LogP contribution in [0.25, 0.3) is 0 Å². The van der Waals surface area contributed by atoms with Gasteiger partial charge in [-0.2, -0.15) is 0 Å². The predicted molar refractivity (Wildman–Crippen MR) is 69.0 cm³/mol. The van der Waals surface area contributed by atoms with Crippen molar-refractivity contribution < 1.29 is 9.53 Å². The summed E-state index contributed by atoms with van der Waals surface area (Å²) >= 11 is 6.57. The fourth-order valence-corrected chi connectivity index (χ4v) is 2.47. The number of carbonyl (C=O) groups is 1. The molecular formula is C11H11Br2NO2. The van der Waals surface area contributed by atoms with Gasteiger partial charge in [-0.25, -0.2) is 0 Å². The number of hydrogen-bond donors (Lipinski definition) is 1. The standard InChI is InChI=1S/C11H11Br2NO2/c12-5-10(15)14-6-8-4-9(13)3-7-1-2-16-11(7)8/h3-4H,1-2,5-6H2,(H,14,15). The number of ether oxygens (including phenoxy) is 1. The highest BCUT2D eigenvalue weighted by atomic mass is 79.9. The lowest BCUT2D eigenvalue weighted by molar-refractivity contribution is -0.118. The van der Waals surface area contributed by atoms with Crippen molar-refractivity contribution in [3.8, 4) is 5.75 Å². The highest BCUT2D eigenvalue weighted by Crippen LogP contribution is 2.32. The summed E-state index contributed by atoms with van der Waals surface area (Å²) in [6, 6.07) is 4.05. The second-order valence-corrected chi connectivity index (χ2v) is 5.04. The van der Waals surface area contributed by atoms with Crippen molar-refractivity contribution in [1.82, 2.24) is 5.32 Å². The van der Waals surface area contributed by atoms with Gasteiger partial charge in [0.05, 0.1) is 11.9 Å². The SMILES string of the molecule is O=C(CBr)NCc1cc(Br)cc2c1OCC2. The van der Waals surface area contributed by atoms with E-state index in [9.17, 15) is 4.79 Å². The van der Waals surface area contributed by atoms with Crippen LogP contribution in [0.5, 0.6) is 5.75 Å². The van der Waals surface area contributed by atoms with Crippen LogP contribution in [0.15, 0.2) is 16.6 Å². The third-order valence-corrected chi connectivity index (χ3v) is 3.39. The Labute approximate surface area is 111 Å². The Kier molecular flexibility index (Phi) is 3.86. The van der Waals surface area contributed by atoms with Gasteiger partial charge in [0.1, 0.15) is 5.75 Å². The molecule has 2 rings (SSSR count). The molecule has 0 fully saturated rings. The molecule has 0 unspecified atom stereocenters. The van der Waals surface area contributed by atoms with Gasteiger partial charge >= 0.3 is 0 Å². The molecule has 0 aromatic heterocycles. The van der Waals surface area contributed by atoms with E-state index in [1.165, 1.54) is 5.56 Å². The first-order valence-corrected chi connectivity index (χ1v) is 6.89. The molecule has 1 aromatic carbocycles. The second-order valence-electron chi connectivity index (χ2n) is 3.56. The number of hydrogen-bond acceptors (Lipinski definition) is 2. The monoisotopic (exact) mass is 347 g/mol. The van der Waals surface area contributed by atoms with Gasteiger partial charge < -0.3 is 10.1 Å². The molecule has 1 amide bonds. The molecule has 0 spiro atoms. The maximum absolute atomic E-state index is 11.2. The average Bonchev–Trinajstić information content (AvgIpc) is 2.73. The zero-order chi connectivity index (χ0) is 11.5. The summed E-state index contributed by atoms with van der Waals surface area (Å²) in [6.45, 7) is 1.23. The third kappa shape index (κ3) is 2.58. The molecule has 0 saturated carbocycles. The Morgan fingerprint density at radius 3 is 3.06 bits per heavy atom. The number of alkyl halides is 1. The Balaban J connectivity index is 2.17. The molecule has 0 bridgehead atoms. The van der Waals surface area contributed by atoms with E-state index in [-0.39, 0.29) is 5.91 Å². The number of carbonyl (C=O) groups excluding carboxylic acids is 1. The molecular weight excluding hydrogens is 338 g/mol. The van der Waals surface area contributed by atoms with Crippen LogP contribution >= 0.6 is 31.9 Å². The Morgan fingerprint density at radius 2 is 2.31 bits per heavy atom. The second kappa shape index (κ2) is 5.19. The molecule has 1 N–H and O–H groups in total. The van der Waals surface area contributed by atoms with Gasteiger partial charge in [0.25, 0.3) is 0 Å². The van der Waals surface area contributed by atoms with Crippen molar-refractivity contribution in [2.45, 2.75) is 13.0 Å². The van der Waals surface area contributed by atoms with Crippen LogP contribution < -0.4 is 10.1 Å². The van der Waals surface area contributed by atoms with Crippen LogP contribution in [0.1, 0.15) is 11.1 Å². The van der Waals surface area contributed by atoms with Crippen LogP contribution in [0.2, 0.25) is 0 Å². The topological polar surface area (TPSA) is 38.3 Å². The fraction of sp³-hybridized carbons (Fsp3) is 0.364. The van der Waals surface area contributed by atoms with Gasteiger partial charge in [-0.1, -0.05) is 31.9 Å². The highest BCUT2D eigenvalue weighted by molar-refractivity contribution is 9.10. The molecule has 0 saturated heterocycles. The van der Waals surface area contributed by atoms with Gasteiger partial charge in [-0.05, 0) is 17.7 Å². The normalized spacial score (nSPS) is 13.1.